The number of aryl methyl sites for hydroxylation is 1. The summed E-state index contributed by atoms with van der Waals surface area (Å²) in [5, 5.41) is 0.795. The van der Waals surface area contributed by atoms with Crippen LogP contribution in [0, 0.1) is 6.92 Å². The molecule has 5 heteroatoms. The fraction of sp³-hybridized carbons (Fsp3) is 0.267. The fourth-order valence-electron chi connectivity index (χ4n) is 1.73. The van der Waals surface area contributed by atoms with Gasteiger partial charge in [-0.2, -0.15) is 0 Å². The number of nitrogens with zero attached hydrogens (tertiary/aromatic N) is 2. The summed E-state index contributed by atoms with van der Waals surface area (Å²) in [6.07, 6.45) is 0.701. The van der Waals surface area contributed by atoms with Gasteiger partial charge in [0.1, 0.15) is 16.0 Å². The van der Waals surface area contributed by atoms with Crippen LogP contribution in [0.1, 0.15) is 41.5 Å². The van der Waals surface area contributed by atoms with Crippen LogP contribution in [0.5, 0.6) is 0 Å². The summed E-state index contributed by atoms with van der Waals surface area (Å²) in [6.45, 7) is 6.06. The van der Waals surface area contributed by atoms with Gasteiger partial charge in [0.05, 0.1) is 5.56 Å². The van der Waals surface area contributed by atoms with E-state index < -0.39 is 0 Å². The molecule has 0 aliphatic rings. The minimum atomic E-state index is 0.203. The molecule has 1 aromatic carbocycles. The highest BCUT2D eigenvalue weighted by Gasteiger charge is 2.12. The summed E-state index contributed by atoms with van der Waals surface area (Å²) in [5.74, 6) is 1.05. The highest BCUT2D eigenvalue weighted by atomic mass is 35.5. The lowest BCUT2D eigenvalue weighted by atomic mass is 10.0. The molecule has 1 aromatic heterocycles. The molecule has 1 heterocycles. The average Bonchev–Trinajstić information content (AvgIpc) is 2.39. The standard InChI is InChI=1S/C15H15ClN2OS/c1-9(2)11-4-6-12(7-5-11)20-15-13(8-19)14(16)17-10(3)18-15/h4-9H,1-3H3. The van der Waals surface area contributed by atoms with E-state index in [1.54, 1.807) is 6.92 Å². The topological polar surface area (TPSA) is 42.9 Å². The van der Waals surface area contributed by atoms with Crippen molar-refractivity contribution in [2.75, 3.05) is 0 Å². The summed E-state index contributed by atoms with van der Waals surface area (Å²) in [4.78, 5) is 20.4. The summed E-state index contributed by atoms with van der Waals surface area (Å²) in [5.41, 5.74) is 1.62. The first-order valence-corrected chi connectivity index (χ1v) is 7.48. The van der Waals surface area contributed by atoms with Gasteiger partial charge in [0.15, 0.2) is 6.29 Å². The Morgan fingerprint density at radius 2 is 1.85 bits per heavy atom. The van der Waals surface area contributed by atoms with Gasteiger partial charge in [-0.15, -0.1) is 0 Å². The number of aldehydes is 1. The van der Waals surface area contributed by atoms with Crippen molar-refractivity contribution >= 4 is 29.6 Å². The third kappa shape index (κ3) is 3.38. The van der Waals surface area contributed by atoms with Crippen LogP contribution in [0.4, 0.5) is 0 Å². The lowest BCUT2D eigenvalue weighted by Gasteiger charge is -2.08. The van der Waals surface area contributed by atoms with Crippen LogP contribution in [0.3, 0.4) is 0 Å². The Kier molecular flexibility index (Phi) is 4.78. The first-order valence-electron chi connectivity index (χ1n) is 6.28. The second-order valence-electron chi connectivity index (χ2n) is 4.72. The first kappa shape index (κ1) is 15.0. The molecule has 2 rings (SSSR count). The monoisotopic (exact) mass is 306 g/mol. The van der Waals surface area contributed by atoms with Gasteiger partial charge in [0.2, 0.25) is 0 Å². The van der Waals surface area contributed by atoms with E-state index in [0.29, 0.717) is 28.6 Å². The van der Waals surface area contributed by atoms with Gasteiger partial charge >= 0.3 is 0 Å². The molecule has 3 nitrogen and oxygen atoms in total. The highest BCUT2D eigenvalue weighted by molar-refractivity contribution is 7.99. The molecule has 0 spiro atoms. The van der Waals surface area contributed by atoms with Crippen LogP contribution in [-0.2, 0) is 0 Å². The minimum Gasteiger partial charge on any atom is -0.298 e. The molecular weight excluding hydrogens is 292 g/mol. The van der Waals surface area contributed by atoms with Crippen LogP contribution in [-0.4, -0.2) is 16.3 Å². The molecule has 0 aliphatic carbocycles. The number of rotatable bonds is 4. The normalized spacial score (nSPS) is 10.8. The number of halogens is 1. The Morgan fingerprint density at radius 1 is 1.20 bits per heavy atom. The zero-order chi connectivity index (χ0) is 14.7. The van der Waals surface area contributed by atoms with Crippen LogP contribution >= 0.6 is 23.4 Å². The average molecular weight is 307 g/mol. The number of hydrogen-bond acceptors (Lipinski definition) is 4. The largest absolute Gasteiger partial charge is 0.298 e. The highest BCUT2D eigenvalue weighted by Crippen LogP contribution is 2.31. The Bertz CT molecular complexity index is 627. The van der Waals surface area contributed by atoms with Gasteiger partial charge < -0.3 is 0 Å². The Morgan fingerprint density at radius 3 is 2.40 bits per heavy atom. The van der Waals surface area contributed by atoms with E-state index in [9.17, 15) is 4.79 Å². The minimum absolute atomic E-state index is 0.203. The third-order valence-electron chi connectivity index (χ3n) is 2.86. The predicted molar refractivity (Wildman–Crippen MR) is 81.8 cm³/mol. The van der Waals surface area contributed by atoms with E-state index >= 15 is 0 Å². The Labute approximate surface area is 127 Å². The molecule has 0 atom stereocenters. The van der Waals surface area contributed by atoms with E-state index in [-0.39, 0.29) is 5.15 Å². The summed E-state index contributed by atoms with van der Waals surface area (Å²) in [7, 11) is 0. The van der Waals surface area contributed by atoms with E-state index in [1.807, 2.05) is 12.1 Å². The van der Waals surface area contributed by atoms with E-state index in [4.69, 9.17) is 11.6 Å². The van der Waals surface area contributed by atoms with E-state index in [0.717, 1.165) is 4.90 Å². The SMILES string of the molecule is Cc1nc(Cl)c(C=O)c(Sc2ccc(C(C)C)cc2)n1. The lowest BCUT2D eigenvalue weighted by molar-refractivity contribution is 0.112. The van der Waals surface area contributed by atoms with Gasteiger partial charge in [-0.3, -0.25) is 4.79 Å². The molecule has 0 saturated heterocycles. The molecule has 0 amide bonds. The van der Waals surface area contributed by atoms with Crippen molar-refractivity contribution in [2.45, 2.75) is 36.6 Å². The van der Waals surface area contributed by atoms with E-state index in [1.165, 1.54) is 17.3 Å². The zero-order valence-corrected chi connectivity index (χ0v) is 13.1. The molecule has 0 N–H and O–H groups in total. The molecule has 0 fully saturated rings. The quantitative estimate of drug-likeness (QED) is 0.615. The van der Waals surface area contributed by atoms with Crippen molar-refractivity contribution in [1.29, 1.82) is 0 Å². The maximum atomic E-state index is 11.1. The molecule has 0 saturated carbocycles. The van der Waals surface area contributed by atoms with Crippen molar-refractivity contribution in [1.82, 2.24) is 9.97 Å². The first-order chi connectivity index (χ1) is 9.51. The molecule has 0 radical (unpaired) electrons. The number of carbonyl (C=O) groups is 1. The summed E-state index contributed by atoms with van der Waals surface area (Å²) in [6, 6.07) is 8.23. The second-order valence-corrected chi connectivity index (χ2v) is 6.14. The Hall–Kier alpha value is -1.39. The smallest absolute Gasteiger partial charge is 0.155 e. The number of hydrogen-bond donors (Lipinski definition) is 0. The Balaban J connectivity index is 2.32. The molecule has 104 valence electrons. The third-order valence-corrected chi connectivity index (χ3v) is 4.16. The molecule has 0 unspecified atom stereocenters. The van der Waals surface area contributed by atoms with Crippen molar-refractivity contribution in [2.24, 2.45) is 0 Å². The molecular formula is C15H15ClN2OS. The van der Waals surface area contributed by atoms with Gasteiger partial charge in [-0.1, -0.05) is 49.3 Å². The fourth-order valence-corrected chi connectivity index (χ4v) is 2.97. The van der Waals surface area contributed by atoms with Crippen LogP contribution in [0.25, 0.3) is 0 Å². The predicted octanol–water partition coefficient (Wildman–Crippen LogP) is 4.53. The van der Waals surface area contributed by atoms with Gasteiger partial charge in [0.25, 0.3) is 0 Å². The number of benzene rings is 1. The van der Waals surface area contributed by atoms with Crippen LogP contribution in [0.15, 0.2) is 34.2 Å². The summed E-state index contributed by atoms with van der Waals surface area (Å²) >= 11 is 7.39. The van der Waals surface area contributed by atoms with Gasteiger partial charge in [-0.05, 0) is 30.5 Å². The van der Waals surface area contributed by atoms with Crippen molar-refractivity contribution < 1.29 is 4.79 Å². The molecule has 0 bridgehead atoms. The summed E-state index contributed by atoms with van der Waals surface area (Å²) < 4.78 is 0. The van der Waals surface area contributed by atoms with Gasteiger partial charge in [0, 0.05) is 4.90 Å². The molecule has 20 heavy (non-hydrogen) atoms. The zero-order valence-electron chi connectivity index (χ0n) is 11.6. The molecule has 0 aliphatic heterocycles. The number of carbonyl (C=O) groups excluding carboxylic acids is 1. The van der Waals surface area contributed by atoms with Crippen molar-refractivity contribution in [3.8, 4) is 0 Å². The van der Waals surface area contributed by atoms with Crippen LogP contribution < -0.4 is 0 Å². The van der Waals surface area contributed by atoms with Gasteiger partial charge in [-0.25, -0.2) is 9.97 Å². The van der Waals surface area contributed by atoms with Crippen LogP contribution in [0.2, 0.25) is 5.15 Å². The maximum Gasteiger partial charge on any atom is 0.155 e. The lowest BCUT2D eigenvalue weighted by Crippen LogP contribution is -1.98. The number of aromatic nitrogens is 2. The van der Waals surface area contributed by atoms with Crippen molar-refractivity contribution in [3.63, 3.8) is 0 Å². The van der Waals surface area contributed by atoms with Crippen molar-refractivity contribution in [3.05, 3.63) is 46.4 Å². The maximum absolute atomic E-state index is 11.1. The molecule has 2 aromatic rings. The second kappa shape index (κ2) is 6.37. The van der Waals surface area contributed by atoms with E-state index in [2.05, 4.69) is 35.9 Å².